The number of carbonyl (C=O) groups is 1. The first-order chi connectivity index (χ1) is 7.00. The fourth-order valence-electron chi connectivity index (χ4n) is 1.15. The van der Waals surface area contributed by atoms with Gasteiger partial charge < -0.3 is 16.8 Å². The summed E-state index contributed by atoms with van der Waals surface area (Å²) >= 11 is 0. The number of hydrogen-bond acceptors (Lipinski definition) is 3. The van der Waals surface area contributed by atoms with Gasteiger partial charge in [0.2, 0.25) is 0 Å². The van der Waals surface area contributed by atoms with Gasteiger partial charge in [-0.3, -0.25) is 4.79 Å². The summed E-state index contributed by atoms with van der Waals surface area (Å²) in [6.45, 7) is 4.09. The van der Waals surface area contributed by atoms with Crippen LogP contribution in [0.4, 0.5) is 5.82 Å². The number of anilines is 1. The average Bonchev–Trinajstić information content (AvgIpc) is 2.15. The maximum atomic E-state index is 11.3. The Balaban J connectivity index is 2.62. The van der Waals surface area contributed by atoms with Crippen LogP contribution in [-0.2, 0) is 11.3 Å². The van der Waals surface area contributed by atoms with Crippen molar-refractivity contribution < 1.29 is 10.5 Å². The van der Waals surface area contributed by atoms with Gasteiger partial charge in [-0.1, -0.05) is 6.07 Å². The summed E-state index contributed by atoms with van der Waals surface area (Å²) in [6.07, 6.45) is 0. The second-order valence-corrected chi connectivity index (χ2v) is 3.60. The number of carbonyl (C=O) groups excluding carboxylic acids is 1. The topological polar surface area (TPSA) is 95.6 Å². The van der Waals surface area contributed by atoms with Crippen molar-refractivity contribution in [2.24, 2.45) is 0 Å². The maximum Gasteiger partial charge on any atom is 0.278 e. The standard InChI is InChI=1S/C10H16N4O/c1-6(11)10(15)13-5-8-3-4-9(12)14-7(8)2/h3-4,6H,5,11H2,1-2H3,(H2,12,14)(H,13,15)/p+1/t6-/m0/s1. The highest BCUT2D eigenvalue weighted by molar-refractivity contribution is 5.79. The summed E-state index contributed by atoms with van der Waals surface area (Å²) in [6, 6.07) is 3.35. The van der Waals surface area contributed by atoms with Crippen LogP contribution in [0, 0.1) is 6.92 Å². The number of aromatic nitrogens is 1. The van der Waals surface area contributed by atoms with Crippen LogP contribution in [0.25, 0.3) is 0 Å². The van der Waals surface area contributed by atoms with Crippen molar-refractivity contribution >= 4 is 11.7 Å². The molecule has 1 rings (SSSR count). The van der Waals surface area contributed by atoms with Crippen molar-refractivity contribution in [3.8, 4) is 0 Å². The third-order valence-electron chi connectivity index (χ3n) is 2.12. The van der Waals surface area contributed by atoms with E-state index < -0.39 is 0 Å². The van der Waals surface area contributed by atoms with Crippen LogP contribution >= 0.6 is 0 Å². The van der Waals surface area contributed by atoms with Crippen LogP contribution in [0.5, 0.6) is 0 Å². The Morgan fingerprint density at radius 3 is 2.87 bits per heavy atom. The molecule has 6 N–H and O–H groups in total. The molecule has 1 aromatic heterocycles. The van der Waals surface area contributed by atoms with Crippen molar-refractivity contribution in [1.82, 2.24) is 10.3 Å². The number of quaternary nitrogens is 1. The van der Waals surface area contributed by atoms with Gasteiger partial charge in [0.25, 0.3) is 5.91 Å². The molecule has 5 nitrogen and oxygen atoms in total. The molecule has 0 aliphatic heterocycles. The van der Waals surface area contributed by atoms with Gasteiger partial charge in [-0.2, -0.15) is 0 Å². The van der Waals surface area contributed by atoms with Gasteiger partial charge in [0, 0.05) is 12.2 Å². The number of nitrogens with zero attached hydrogens (tertiary/aromatic N) is 1. The summed E-state index contributed by atoms with van der Waals surface area (Å²) in [5.74, 6) is 0.430. The minimum absolute atomic E-state index is 0.0637. The van der Waals surface area contributed by atoms with Gasteiger partial charge in [-0.15, -0.1) is 0 Å². The number of hydrogen-bond donors (Lipinski definition) is 3. The Kier molecular flexibility index (Phi) is 3.62. The molecule has 82 valence electrons. The molecule has 0 bridgehead atoms. The molecule has 0 aliphatic rings. The van der Waals surface area contributed by atoms with E-state index in [-0.39, 0.29) is 11.9 Å². The molecular formula is C10H17N4O+. The highest BCUT2D eigenvalue weighted by Crippen LogP contribution is 2.07. The lowest BCUT2D eigenvalue weighted by Gasteiger charge is -2.08. The van der Waals surface area contributed by atoms with E-state index in [4.69, 9.17) is 5.73 Å². The lowest BCUT2D eigenvalue weighted by molar-refractivity contribution is -0.398. The van der Waals surface area contributed by atoms with Crippen molar-refractivity contribution in [2.75, 3.05) is 5.73 Å². The maximum absolute atomic E-state index is 11.3. The predicted molar refractivity (Wildman–Crippen MR) is 57.6 cm³/mol. The Labute approximate surface area is 88.9 Å². The normalized spacial score (nSPS) is 12.2. The van der Waals surface area contributed by atoms with E-state index in [0.717, 1.165) is 11.3 Å². The molecule has 1 aromatic rings. The van der Waals surface area contributed by atoms with E-state index in [0.29, 0.717) is 12.4 Å². The smallest absolute Gasteiger partial charge is 0.278 e. The summed E-state index contributed by atoms with van der Waals surface area (Å²) in [7, 11) is 0. The van der Waals surface area contributed by atoms with Gasteiger partial charge in [0.15, 0.2) is 6.04 Å². The zero-order valence-corrected chi connectivity index (χ0v) is 9.08. The molecule has 0 saturated carbocycles. The van der Waals surface area contributed by atoms with Gasteiger partial charge >= 0.3 is 0 Å². The molecule has 1 amide bonds. The average molecular weight is 209 g/mol. The molecule has 0 radical (unpaired) electrons. The molecule has 15 heavy (non-hydrogen) atoms. The van der Waals surface area contributed by atoms with Crippen molar-refractivity contribution in [2.45, 2.75) is 26.4 Å². The number of rotatable bonds is 3. The lowest BCUT2D eigenvalue weighted by atomic mass is 10.2. The number of nitrogens with two attached hydrogens (primary N) is 1. The largest absolute Gasteiger partial charge is 0.384 e. The zero-order chi connectivity index (χ0) is 11.4. The van der Waals surface area contributed by atoms with E-state index in [1.165, 1.54) is 0 Å². The first-order valence-corrected chi connectivity index (χ1v) is 4.83. The molecule has 0 saturated heterocycles. The Morgan fingerprint density at radius 2 is 2.33 bits per heavy atom. The van der Waals surface area contributed by atoms with Crippen LogP contribution in [-0.4, -0.2) is 16.9 Å². The molecular weight excluding hydrogens is 192 g/mol. The number of nitrogen functional groups attached to an aromatic ring is 1. The molecule has 0 aromatic carbocycles. The number of pyridine rings is 1. The molecule has 0 unspecified atom stereocenters. The van der Waals surface area contributed by atoms with E-state index >= 15 is 0 Å². The van der Waals surface area contributed by atoms with Gasteiger partial charge in [0.1, 0.15) is 5.82 Å². The van der Waals surface area contributed by atoms with Gasteiger partial charge in [-0.25, -0.2) is 4.98 Å². The minimum Gasteiger partial charge on any atom is -0.384 e. The lowest BCUT2D eigenvalue weighted by Crippen LogP contribution is -2.65. The van der Waals surface area contributed by atoms with Crippen LogP contribution < -0.4 is 16.8 Å². The fraction of sp³-hybridized carbons (Fsp3) is 0.400. The van der Waals surface area contributed by atoms with Gasteiger partial charge in [0.05, 0.1) is 0 Å². The summed E-state index contributed by atoms with van der Waals surface area (Å²) < 4.78 is 0. The van der Waals surface area contributed by atoms with Crippen LogP contribution in [0.15, 0.2) is 12.1 Å². The third-order valence-corrected chi connectivity index (χ3v) is 2.12. The SMILES string of the molecule is Cc1nc(N)ccc1CNC(=O)[C@H](C)[NH3+]. The predicted octanol–water partition coefficient (Wildman–Crippen LogP) is -0.781. The van der Waals surface area contributed by atoms with Gasteiger partial charge in [-0.05, 0) is 25.5 Å². The number of nitrogens with one attached hydrogen (secondary N) is 1. The summed E-state index contributed by atoms with van der Waals surface area (Å²) in [5, 5.41) is 2.78. The Morgan fingerprint density at radius 1 is 1.67 bits per heavy atom. The van der Waals surface area contributed by atoms with E-state index in [1.54, 1.807) is 13.0 Å². The van der Waals surface area contributed by atoms with Crippen molar-refractivity contribution in [1.29, 1.82) is 0 Å². The monoisotopic (exact) mass is 209 g/mol. The van der Waals surface area contributed by atoms with Crippen molar-refractivity contribution in [3.63, 3.8) is 0 Å². The van der Waals surface area contributed by atoms with Crippen molar-refractivity contribution in [3.05, 3.63) is 23.4 Å². The summed E-state index contributed by atoms with van der Waals surface area (Å²) in [4.78, 5) is 15.4. The number of amides is 1. The number of aryl methyl sites for hydroxylation is 1. The van der Waals surface area contributed by atoms with E-state index in [2.05, 4.69) is 16.0 Å². The zero-order valence-electron chi connectivity index (χ0n) is 9.08. The minimum atomic E-state index is -0.243. The first-order valence-electron chi connectivity index (χ1n) is 4.83. The highest BCUT2D eigenvalue weighted by atomic mass is 16.2. The highest BCUT2D eigenvalue weighted by Gasteiger charge is 2.10. The second kappa shape index (κ2) is 4.75. The Hall–Kier alpha value is -1.62. The molecule has 0 aliphatic carbocycles. The Bertz CT molecular complexity index is 362. The molecule has 0 fully saturated rings. The second-order valence-electron chi connectivity index (χ2n) is 3.60. The quantitative estimate of drug-likeness (QED) is 0.609. The third kappa shape index (κ3) is 3.21. The first kappa shape index (κ1) is 11.5. The van der Waals surface area contributed by atoms with Crippen LogP contribution in [0.3, 0.4) is 0 Å². The van der Waals surface area contributed by atoms with E-state index in [9.17, 15) is 4.79 Å². The fourth-order valence-corrected chi connectivity index (χ4v) is 1.15. The molecule has 5 heteroatoms. The molecule has 1 atom stereocenters. The molecule has 1 heterocycles. The van der Waals surface area contributed by atoms with Crippen LogP contribution in [0.1, 0.15) is 18.2 Å². The molecule has 0 spiro atoms. The summed E-state index contributed by atoms with van der Waals surface area (Å²) in [5.41, 5.74) is 11.0. The van der Waals surface area contributed by atoms with Crippen LogP contribution in [0.2, 0.25) is 0 Å². The van der Waals surface area contributed by atoms with E-state index in [1.807, 2.05) is 13.0 Å².